The lowest BCUT2D eigenvalue weighted by Crippen LogP contribution is -2.52. The van der Waals surface area contributed by atoms with Crippen LogP contribution >= 0.6 is 0 Å². The van der Waals surface area contributed by atoms with Crippen molar-refractivity contribution in [2.75, 3.05) is 26.2 Å². The third-order valence-corrected chi connectivity index (χ3v) is 8.02. The fourth-order valence-electron chi connectivity index (χ4n) is 4.78. The second-order valence-electron chi connectivity index (χ2n) is 11.6. The molecule has 7 nitrogen and oxygen atoms in total. The molecule has 0 aliphatic rings. The van der Waals surface area contributed by atoms with Crippen molar-refractivity contribution in [3.63, 3.8) is 0 Å². The van der Waals surface area contributed by atoms with Crippen LogP contribution in [0.5, 0.6) is 0 Å². The van der Waals surface area contributed by atoms with Crippen molar-refractivity contribution in [3.8, 4) is 0 Å². The highest BCUT2D eigenvalue weighted by Crippen LogP contribution is 2.21. The molecule has 0 spiro atoms. The number of carboxylic acid groups (broad SMARTS) is 3. The molecular weight excluding hydrogens is 482 g/mol. The van der Waals surface area contributed by atoms with Gasteiger partial charge in [-0.2, -0.15) is 0 Å². The van der Waals surface area contributed by atoms with Crippen LogP contribution in [0.1, 0.15) is 124 Å². The molecule has 0 aromatic heterocycles. The van der Waals surface area contributed by atoms with Crippen LogP contribution in [0.15, 0.2) is 12.2 Å². The highest BCUT2D eigenvalue weighted by molar-refractivity contribution is 5.70. The summed E-state index contributed by atoms with van der Waals surface area (Å²) in [6.07, 6.45) is 20.8. The van der Waals surface area contributed by atoms with Crippen molar-refractivity contribution in [1.29, 1.82) is 0 Å². The van der Waals surface area contributed by atoms with Crippen molar-refractivity contribution in [3.05, 3.63) is 12.2 Å². The van der Waals surface area contributed by atoms with Crippen molar-refractivity contribution in [2.45, 2.75) is 124 Å². The summed E-state index contributed by atoms with van der Waals surface area (Å²) in [5.41, 5.74) is 0. The van der Waals surface area contributed by atoms with Gasteiger partial charge in [0.15, 0.2) is 0 Å². The summed E-state index contributed by atoms with van der Waals surface area (Å²) in [5, 5.41) is 28.2. The molecule has 222 valence electrons. The van der Waals surface area contributed by atoms with Crippen LogP contribution in [0.25, 0.3) is 0 Å². The number of carboxylic acids is 3. The summed E-state index contributed by atoms with van der Waals surface area (Å²) in [4.78, 5) is 34.4. The van der Waals surface area contributed by atoms with Crippen LogP contribution in [0.4, 0.5) is 0 Å². The lowest BCUT2D eigenvalue weighted by molar-refractivity contribution is -0.929. The fourth-order valence-corrected chi connectivity index (χ4v) is 4.78. The molecule has 0 saturated heterocycles. The Morgan fingerprint density at radius 1 is 0.553 bits per heavy atom. The Hall–Kier alpha value is -1.89. The van der Waals surface area contributed by atoms with E-state index >= 15 is 0 Å². The molecule has 0 fully saturated rings. The first-order valence-corrected chi connectivity index (χ1v) is 15.2. The average Bonchev–Trinajstić information content (AvgIpc) is 2.88. The van der Waals surface area contributed by atoms with Gasteiger partial charge >= 0.3 is 17.9 Å². The van der Waals surface area contributed by atoms with Crippen molar-refractivity contribution in [2.24, 2.45) is 17.8 Å². The Bertz CT molecular complexity index is 617. The Morgan fingerprint density at radius 3 is 1.26 bits per heavy atom. The zero-order valence-corrected chi connectivity index (χ0v) is 24.8. The molecule has 0 aromatic rings. The monoisotopic (exact) mass is 540 g/mol. The maximum atomic E-state index is 11.5. The number of nitrogens with zero attached hydrogens (tertiary/aromatic N) is 1. The molecular formula is C31H58NO6+. The number of rotatable bonds is 26. The first-order chi connectivity index (χ1) is 18.0. The summed E-state index contributed by atoms with van der Waals surface area (Å²) in [7, 11) is 0. The number of carbonyl (C=O) groups is 3. The van der Waals surface area contributed by atoms with E-state index in [1.807, 2.05) is 0 Å². The first-order valence-electron chi connectivity index (χ1n) is 15.2. The van der Waals surface area contributed by atoms with Gasteiger partial charge in [0, 0.05) is 19.3 Å². The SMILES string of the molecule is CCCCCCCCCC/C=C/CCCC[N+](CCC(C)C(=O)O)(CCC(C)C(=O)O)CCC(C)C(=O)O. The minimum absolute atomic E-state index is 0.486. The largest absolute Gasteiger partial charge is 0.481 e. The topological polar surface area (TPSA) is 112 Å². The minimum Gasteiger partial charge on any atom is -0.481 e. The van der Waals surface area contributed by atoms with Gasteiger partial charge in [-0.15, -0.1) is 0 Å². The molecule has 0 amide bonds. The Balaban J connectivity index is 4.85. The second kappa shape index (κ2) is 22.0. The van der Waals surface area contributed by atoms with E-state index < -0.39 is 35.7 Å². The molecule has 0 bridgehead atoms. The molecule has 3 unspecified atom stereocenters. The predicted molar refractivity (Wildman–Crippen MR) is 154 cm³/mol. The Kier molecular flexibility index (Phi) is 20.9. The number of allylic oxidation sites excluding steroid dienone is 2. The first kappa shape index (κ1) is 36.1. The van der Waals surface area contributed by atoms with Gasteiger partial charge < -0.3 is 19.8 Å². The van der Waals surface area contributed by atoms with Crippen LogP contribution in [0, 0.1) is 17.8 Å². The van der Waals surface area contributed by atoms with Crippen LogP contribution < -0.4 is 0 Å². The van der Waals surface area contributed by atoms with E-state index in [2.05, 4.69) is 19.1 Å². The molecule has 0 aromatic carbocycles. The standard InChI is InChI=1S/C31H57NO6/c1-5-6-7-8-9-10-11-12-13-14-15-16-17-18-22-32(23-19-26(2)29(33)34,24-20-27(3)30(35)36)25-21-28(4)31(37)38/h14-15,26-28H,5-13,16-25H2,1-4H3,(H2-,33,34,35,36,37,38)/p+1/b15-14+. The van der Waals surface area contributed by atoms with Crippen LogP contribution in [0.3, 0.4) is 0 Å². The molecule has 0 aliphatic carbocycles. The molecule has 3 N–H and O–H groups in total. The van der Waals surface area contributed by atoms with E-state index in [9.17, 15) is 29.7 Å². The van der Waals surface area contributed by atoms with Gasteiger partial charge in [-0.25, -0.2) is 0 Å². The van der Waals surface area contributed by atoms with Gasteiger partial charge in [0.1, 0.15) is 0 Å². The van der Waals surface area contributed by atoms with E-state index in [0.717, 1.165) is 32.2 Å². The van der Waals surface area contributed by atoms with Gasteiger partial charge in [0.2, 0.25) is 0 Å². The summed E-state index contributed by atoms with van der Waals surface area (Å²) < 4.78 is 0.592. The second-order valence-corrected chi connectivity index (χ2v) is 11.6. The van der Waals surface area contributed by atoms with Gasteiger partial charge in [0.05, 0.1) is 43.9 Å². The minimum atomic E-state index is -0.831. The van der Waals surface area contributed by atoms with Crippen LogP contribution in [-0.2, 0) is 14.4 Å². The maximum absolute atomic E-state index is 11.5. The fraction of sp³-hybridized carbons (Fsp3) is 0.839. The lowest BCUT2D eigenvalue weighted by Gasteiger charge is -2.40. The van der Waals surface area contributed by atoms with Crippen molar-refractivity contribution >= 4 is 17.9 Å². The molecule has 7 heteroatoms. The number of aliphatic carboxylic acids is 3. The van der Waals surface area contributed by atoms with Crippen LogP contribution in [0.2, 0.25) is 0 Å². The van der Waals surface area contributed by atoms with E-state index in [1.54, 1.807) is 20.8 Å². The predicted octanol–water partition coefficient (Wildman–Crippen LogP) is 7.39. The van der Waals surface area contributed by atoms with Gasteiger partial charge in [-0.05, 0) is 32.1 Å². The molecule has 0 radical (unpaired) electrons. The van der Waals surface area contributed by atoms with E-state index in [1.165, 1.54) is 51.4 Å². The third-order valence-electron chi connectivity index (χ3n) is 8.02. The van der Waals surface area contributed by atoms with Gasteiger partial charge in [-0.1, -0.05) is 84.8 Å². The van der Waals surface area contributed by atoms with E-state index in [4.69, 9.17) is 0 Å². The normalized spacial score (nSPS) is 15.7. The summed E-state index contributed by atoms with van der Waals surface area (Å²) in [5.74, 6) is -3.95. The van der Waals surface area contributed by atoms with Crippen LogP contribution in [-0.4, -0.2) is 63.9 Å². The summed E-state index contributed by atoms with van der Waals surface area (Å²) >= 11 is 0. The molecule has 3 atom stereocenters. The summed E-state index contributed by atoms with van der Waals surface area (Å²) in [6.45, 7) is 10.0. The van der Waals surface area contributed by atoms with Crippen molar-refractivity contribution < 1.29 is 34.2 Å². The lowest BCUT2D eigenvalue weighted by atomic mass is 10.0. The van der Waals surface area contributed by atoms with E-state index in [0.29, 0.717) is 43.4 Å². The Morgan fingerprint density at radius 2 is 0.895 bits per heavy atom. The maximum Gasteiger partial charge on any atom is 0.306 e. The number of hydrogen-bond donors (Lipinski definition) is 3. The molecule has 0 saturated carbocycles. The zero-order chi connectivity index (χ0) is 28.8. The zero-order valence-electron chi connectivity index (χ0n) is 24.8. The smallest absolute Gasteiger partial charge is 0.306 e. The molecule has 0 heterocycles. The number of quaternary nitrogens is 1. The molecule has 38 heavy (non-hydrogen) atoms. The average molecular weight is 541 g/mol. The quantitative estimate of drug-likeness (QED) is 0.0599. The third kappa shape index (κ3) is 18.4. The van der Waals surface area contributed by atoms with Crippen molar-refractivity contribution in [1.82, 2.24) is 0 Å². The Labute approximate surface area is 232 Å². The molecule has 0 aliphatic heterocycles. The van der Waals surface area contributed by atoms with Gasteiger partial charge in [-0.3, -0.25) is 14.4 Å². The highest BCUT2D eigenvalue weighted by atomic mass is 16.4. The highest BCUT2D eigenvalue weighted by Gasteiger charge is 2.31. The number of unbranched alkanes of at least 4 members (excludes halogenated alkanes) is 10. The number of hydrogen-bond acceptors (Lipinski definition) is 3. The summed E-state index contributed by atoms with van der Waals surface area (Å²) in [6, 6.07) is 0. The molecule has 0 rings (SSSR count). The van der Waals surface area contributed by atoms with E-state index in [-0.39, 0.29) is 0 Å². The van der Waals surface area contributed by atoms with Gasteiger partial charge in [0.25, 0.3) is 0 Å².